The molecule has 2 aromatic heterocycles. The van der Waals surface area contributed by atoms with Crippen LogP contribution in [0.3, 0.4) is 0 Å². The number of carbonyl (C=O) groups excluding carboxylic acids is 2. The smallest absolute Gasteiger partial charge is 0.342 e. The summed E-state index contributed by atoms with van der Waals surface area (Å²) in [6, 6.07) is 22.2. The van der Waals surface area contributed by atoms with E-state index in [4.69, 9.17) is 14.3 Å². The van der Waals surface area contributed by atoms with E-state index >= 15 is 0 Å². The predicted molar refractivity (Wildman–Crippen MR) is 136 cm³/mol. The van der Waals surface area contributed by atoms with Crippen molar-refractivity contribution in [3.63, 3.8) is 0 Å². The number of para-hydroxylation sites is 2. The van der Waals surface area contributed by atoms with Gasteiger partial charge in [-0.1, -0.05) is 36.4 Å². The van der Waals surface area contributed by atoms with E-state index in [1.54, 1.807) is 19.9 Å². The minimum atomic E-state index is -0.252. The second-order valence-electron chi connectivity index (χ2n) is 7.16. The number of H-pyrrole nitrogens is 1. The Kier molecular flexibility index (Phi) is 11.7. The summed E-state index contributed by atoms with van der Waals surface area (Å²) in [6.45, 7) is 8.49. The molecular formula is C26H30N6O4. The number of isocyanates is 1. The van der Waals surface area contributed by atoms with Crippen LogP contribution in [0.5, 0.6) is 23.3 Å². The number of nitrogens with one attached hydrogen (secondary N) is 2. The molecule has 0 aliphatic rings. The lowest BCUT2D eigenvalue weighted by Crippen LogP contribution is -2.29. The van der Waals surface area contributed by atoms with Crippen molar-refractivity contribution in [2.24, 2.45) is 4.99 Å². The van der Waals surface area contributed by atoms with E-state index in [2.05, 4.69) is 25.6 Å². The normalized spacial score (nSPS) is 9.44. The topological polar surface area (TPSA) is 123 Å². The summed E-state index contributed by atoms with van der Waals surface area (Å²) in [5.74, 6) is 2.50. The molecule has 2 aromatic carbocycles. The summed E-state index contributed by atoms with van der Waals surface area (Å²) >= 11 is 0. The van der Waals surface area contributed by atoms with Crippen LogP contribution in [0.1, 0.15) is 25.2 Å². The molecule has 188 valence electrons. The molecule has 2 heterocycles. The molecule has 10 nitrogen and oxygen atoms in total. The molecule has 0 saturated carbocycles. The molecule has 0 bridgehead atoms. The zero-order chi connectivity index (χ0) is 26.2. The highest BCUT2D eigenvalue weighted by molar-refractivity contribution is 5.76. The quantitative estimate of drug-likeness (QED) is 0.275. The number of aromatic amines is 1. The highest BCUT2D eigenvalue weighted by Gasteiger charge is 2.11. The van der Waals surface area contributed by atoms with E-state index in [1.165, 1.54) is 10.8 Å². The van der Waals surface area contributed by atoms with Crippen molar-refractivity contribution in [3.05, 3.63) is 84.2 Å². The summed E-state index contributed by atoms with van der Waals surface area (Å²) in [4.78, 5) is 23.9. The second-order valence-corrected chi connectivity index (χ2v) is 7.16. The van der Waals surface area contributed by atoms with Gasteiger partial charge in [0.15, 0.2) is 0 Å². The van der Waals surface area contributed by atoms with E-state index < -0.39 is 0 Å². The molecule has 2 N–H and O–H groups in total. The van der Waals surface area contributed by atoms with E-state index in [0.29, 0.717) is 30.6 Å². The van der Waals surface area contributed by atoms with Crippen molar-refractivity contribution in [3.8, 4) is 23.3 Å². The third-order valence-corrected chi connectivity index (χ3v) is 4.22. The minimum Gasteiger partial charge on any atom is -0.438 e. The number of hydrogen-bond donors (Lipinski definition) is 2. The van der Waals surface area contributed by atoms with Gasteiger partial charge in [0.2, 0.25) is 17.8 Å². The first-order valence-electron chi connectivity index (χ1n) is 11.3. The number of carbonyl (C=O) groups is 1. The Morgan fingerprint density at radius 2 is 1.56 bits per heavy atom. The van der Waals surface area contributed by atoms with Crippen LogP contribution < -0.4 is 14.8 Å². The Morgan fingerprint density at radius 3 is 2.00 bits per heavy atom. The van der Waals surface area contributed by atoms with Crippen molar-refractivity contribution in [1.82, 2.24) is 25.3 Å². The molecule has 1 amide bonds. The zero-order valence-electron chi connectivity index (χ0n) is 20.8. The first kappa shape index (κ1) is 27.6. The van der Waals surface area contributed by atoms with Crippen LogP contribution in [0.25, 0.3) is 0 Å². The average molecular weight is 491 g/mol. The van der Waals surface area contributed by atoms with Crippen LogP contribution in [0.15, 0.2) is 77.8 Å². The SMILES string of the molecule is CCN=C=O.CCNC(=O)n1nc(Oc2ccccc2)cc1C.Cc1cc(Oc2ccccc2)n[nH]1. The lowest BCUT2D eigenvalue weighted by molar-refractivity contribution is 0.239. The van der Waals surface area contributed by atoms with Crippen molar-refractivity contribution < 1.29 is 19.1 Å². The maximum absolute atomic E-state index is 11.7. The highest BCUT2D eigenvalue weighted by Crippen LogP contribution is 2.20. The average Bonchev–Trinajstić information content (AvgIpc) is 3.46. The maximum atomic E-state index is 11.7. The number of nitrogens with zero attached hydrogens (tertiary/aromatic N) is 4. The number of aryl methyl sites for hydroxylation is 2. The molecule has 0 radical (unpaired) electrons. The molecule has 0 fully saturated rings. The Morgan fingerprint density at radius 1 is 0.972 bits per heavy atom. The standard InChI is InChI=1S/C13H15N3O2.C10H10N2O.C3H5NO/c1-3-14-13(17)16-10(2)9-12(15-16)18-11-7-5-4-6-8-11;1-8-7-10(12-11-8)13-9-5-3-2-4-6-9;1-2-4-3-5/h4-9H,3H2,1-2H3,(H,14,17);2-7H,1H3,(H,11,12);2H2,1H3. The van der Waals surface area contributed by atoms with Gasteiger partial charge in [0.05, 0.1) is 5.69 Å². The Hall–Kier alpha value is -4.69. The van der Waals surface area contributed by atoms with Gasteiger partial charge in [-0.15, -0.1) is 10.2 Å². The number of aliphatic imine (C=N–C) groups is 1. The Labute approximate surface area is 210 Å². The summed E-state index contributed by atoms with van der Waals surface area (Å²) in [7, 11) is 0. The van der Waals surface area contributed by atoms with Crippen LogP contribution in [0.4, 0.5) is 4.79 Å². The van der Waals surface area contributed by atoms with Crippen LogP contribution in [0, 0.1) is 13.8 Å². The van der Waals surface area contributed by atoms with Crippen LogP contribution in [-0.4, -0.2) is 45.2 Å². The van der Waals surface area contributed by atoms with E-state index in [-0.39, 0.29) is 6.03 Å². The van der Waals surface area contributed by atoms with Crippen LogP contribution in [-0.2, 0) is 4.79 Å². The molecule has 0 atom stereocenters. The summed E-state index contributed by atoms with van der Waals surface area (Å²) in [6.07, 6.45) is 1.39. The molecule has 36 heavy (non-hydrogen) atoms. The zero-order valence-corrected chi connectivity index (χ0v) is 20.8. The highest BCUT2D eigenvalue weighted by atomic mass is 16.5. The summed E-state index contributed by atoms with van der Waals surface area (Å²) in [5, 5.41) is 13.6. The lowest BCUT2D eigenvalue weighted by Gasteiger charge is -2.03. The molecule has 10 heteroatoms. The first-order chi connectivity index (χ1) is 17.5. The molecule has 0 spiro atoms. The number of ether oxygens (including phenoxy) is 2. The van der Waals surface area contributed by atoms with Gasteiger partial charge in [-0.3, -0.25) is 5.10 Å². The Balaban J connectivity index is 0.000000221. The fourth-order valence-corrected chi connectivity index (χ4v) is 2.66. The van der Waals surface area contributed by atoms with Crippen molar-refractivity contribution in [2.75, 3.05) is 13.1 Å². The van der Waals surface area contributed by atoms with Crippen LogP contribution >= 0.6 is 0 Å². The lowest BCUT2D eigenvalue weighted by atomic mass is 10.3. The Bertz CT molecular complexity index is 1230. The summed E-state index contributed by atoms with van der Waals surface area (Å²) in [5.41, 5.74) is 1.72. The number of benzene rings is 2. The van der Waals surface area contributed by atoms with Gasteiger partial charge in [0, 0.05) is 30.9 Å². The molecule has 0 aliphatic carbocycles. The first-order valence-corrected chi connectivity index (χ1v) is 11.3. The predicted octanol–water partition coefficient (Wildman–Crippen LogP) is 5.41. The largest absolute Gasteiger partial charge is 0.438 e. The molecule has 0 aliphatic heterocycles. The maximum Gasteiger partial charge on any atom is 0.342 e. The number of aromatic nitrogens is 4. The fourth-order valence-electron chi connectivity index (χ4n) is 2.66. The van der Waals surface area contributed by atoms with Crippen molar-refractivity contribution in [2.45, 2.75) is 27.7 Å². The van der Waals surface area contributed by atoms with Gasteiger partial charge in [-0.2, -0.15) is 4.68 Å². The fraction of sp³-hybridized carbons (Fsp3) is 0.231. The van der Waals surface area contributed by atoms with Gasteiger partial charge < -0.3 is 14.8 Å². The summed E-state index contributed by atoms with van der Waals surface area (Å²) < 4.78 is 12.3. The number of hydrogen-bond acceptors (Lipinski definition) is 7. The van der Waals surface area contributed by atoms with Gasteiger partial charge in [-0.25, -0.2) is 14.6 Å². The monoisotopic (exact) mass is 490 g/mol. The molecule has 4 rings (SSSR count). The second kappa shape index (κ2) is 15.3. The molecule has 4 aromatic rings. The van der Waals surface area contributed by atoms with E-state index in [0.717, 1.165) is 17.1 Å². The third kappa shape index (κ3) is 9.66. The minimum absolute atomic E-state index is 0.252. The number of amides is 1. The van der Waals surface area contributed by atoms with Crippen molar-refractivity contribution >= 4 is 12.1 Å². The van der Waals surface area contributed by atoms with Gasteiger partial charge >= 0.3 is 6.03 Å². The third-order valence-electron chi connectivity index (χ3n) is 4.22. The number of rotatable bonds is 6. The molecule has 0 saturated heterocycles. The van der Waals surface area contributed by atoms with Gasteiger partial charge in [-0.05, 0) is 52.0 Å². The van der Waals surface area contributed by atoms with E-state index in [9.17, 15) is 4.79 Å². The molecule has 0 unspecified atom stereocenters. The van der Waals surface area contributed by atoms with E-state index in [1.807, 2.05) is 80.6 Å². The van der Waals surface area contributed by atoms with Crippen LogP contribution in [0.2, 0.25) is 0 Å². The van der Waals surface area contributed by atoms with Crippen molar-refractivity contribution in [1.29, 1.82) is 0 Å². The van der Waals surface area contributed by atoms with Gasteiger partial charge in [0.25, 0.3) is 0 Å². The molecular weight excluding hydrogens is 460 g/mol. The van der Waals surface area contributed by atoms with Gasteiger partial charge in [0.1, 0.15) is 11.5 Å².